The van der Waals surface area contributed by atoms with Crippen LogP contribution < -0.4 is 5.32 Å². The van der Waals surface area contributed by atoms with E-state index in [0.717, 1.165) is 5.01 Å². The standard InChI is InChI=1S/C12H19N3O4/c1-7(2)8(12(18)19)6-13-11(17)9-4-5-10(16)15(3)14-9/h7-8H,4-6H2,1-3H3,(H,13,17)(H,18,19). The average Bonchev–Trinajstić information content (AvgIpc) is 2.31. The third-order valence-corrected chi connectivity index (χ3v) is 3.07. The number of rotatable bonds is 5. The molecule has 7 heteroatoms. The number of hydrogen-bond donors (Lipinski definition) is 2. The predicted octanol–water partition coefficient (Wildman–Crippen LogP) is 0.0676. The second-order valence-electron chi connectivity index (χ2n) is 4.86. The molecule has 0 aromatic rings. The van der Waals surface area contributed by atoms with E-state index in [1.807, 2.05) is 0 Å². The Bertz CT molecular complexity index is 417. The van der Waals surface area contributed by atoms with E-state index in [4.69, 9.17) is 5.11 Å². The van der Waals surface area contributed by atoms with Crippen molar-refractivity contribution < 1.29 is 19.5 Å². The fraction of sp³-hybridized carbons (Fsp3) is 0.667. The van der Waals surface area contributed by atoms with E-state index in [2.05, 4.69) is 10.4 Å². The maximum absolute atomic E-state index is 11.8. The highest BCUT2D eigenvalue weighted by Gasteiger charge is 2.25. The van der Waals surface area contributed by atoms with Gasteiger partial charge < -0.3 is 10.4 Å². The fourth-order valence-electron chi connectivity index (χ4n) is 1.75. The maximum Gasteiger partial charge on any atom is 0.308 e. The van der Waals surface area contributed by atoms with Gasteiger partial charge in [-0.2, -0.15) is 5.10 Å². The van der Waals surface area contributed by atoms with Gasteiger partial charge in [0.15, 0.2) is 0 Å². The lowest BCUT2D eigenvalue weighted by molar-refractivity contribution is -0.143. The Morgan fingerprint density at radius 3 is 2.53 bits per heavy atom. The summed E-state index contributed by atoms with van der Waals surface area (Å²) in [5.41, 5.74) is 0.259. The van der Waals surface area contributed by atoms with Crippen molar-refractivity contribution in [3.63, 3.8) is 0 Å². The minimum Gasteiger partial charge on any atom is -0.481 e. The van der Waals surface area contributed by atoms with Gasteiger partial charge in [-0.3, -0.25) is 14.4 Å². The number of nitrogens with zero attached hydrogens (tertiary/aromatic N) is 2. The highest BCUT2D eigenvalue weighted by Crippen LogP contribution is 2.11. The van der Waals surface area contributed by atoms with Gasteiger partial charge in [0.25, 0.3) is 5.91 Å². The van der Waals surface area contributed by atoms with Gasteiger partial charge in [0, 0.05) is 26.4 Å². The van der Waals surface area contributed by atoms with Crippen LogP contribution in [0.25, 0.3) is 0 Å². The van der Waals surface area contributed by atoms with Gasteiger partial charge >= 0.3 is 5.97 Å². The molecule has 0 radical (unpaired) electrons. The highest BCUT2D eigenvalue weighted by molar-refractivity contribution is 6.39. The lowest BCUT2D eigenvalue weighted by atomic mass is 9.96. The first-order chi connectivity index (χ1) is 8.82. The molecule has 0 fully saturated rings. The number of carbonyl (C=O) groups excluding carboxylic acids is 2. The van der Waals surface area contributed by atoms with Crippen LogP contribution in [0.15, 0.2) is 5.10 Å². The molecule has 0 spiro atoms. The van der Waals surface area contributed by atoms with E-state index in [0.29, 0.717) is 0 Å². The molecule has 1 heterocycles. The molecule has 106 valence electrons. The van der Waals surface area contributed by atoms with Gasteiger partial charge in [0.05, 0.1) is 5.92 Å². The van der Waals surface area contributed by atoms with Crippen molar-refractivity contribution in [1.29, 1.82) is 0 Å². The molecule has 0 saturated carbocycles. The van der Waals surface area contributed by atoms with E-state index in [-0.39, 0.29) is 36.9 Å². The lowest BCUT2D eigenvalue weighted by Gasteiger charge is -2.20. The van der Waals surface area contributed by atoms with Crippen molar-refractivity contribution in [2.45, 2.75) is 26.7 Å². The third-order valence-electron chi connectivity index (χ3n) is 3.07. The molecule has 0 aromatic carbocycles. The van der Waals surface area contributed by atoms with Crippen molar-refractivity contribution in [2.24, 2.45) is 16.9 Å². The highest BCUT2D eigenvalue weighted by atomic mass is 16.4. The smallest absolute Gasteiger partial charge is 0.308 e. The summed E-state index contributed by atoms with van der Waals surface area (Å²) in [6, 6.07) is 0. The number of aliphatic carboxylic acids is 1. The summed E-state index contributed by atoms with van der Waals surface area (Å²) in [5.74, 6) is -2.19. The molecule has 1 atom stereocenters. The SMILES string of the molecule is CC(C)C(CNC(=O)C1=NN(C)C(=O)CC1)C(=O)O. The number of carboxylic acids is 1. The first-order valence-corrected chi connectivity index (χ1v) is 6.18. The van der Waals surface area contributed by atoms with Crippen LogP contribution in [0.5, 0.6) is 0 Å². The molecule has 2 amide bonds. The Labute approximate surface area is 111 Å². The largest absolute Gasteiger partial charge is 0.481 e. The number of amides is 2. The molecule has 0 bridgehead atoms. The van der Waals surface area contributed by atoms with Crippen LogP contribution >= 0.6 is 0 Å². The Morgan fingerprint density at radius 1 is 1.42 bits per heavy atom. The topological polar surface area (TPSA) is 99.1 Å². The molecule has 19 heavy (non-hydrogen) atoms. The first kappa shape index (κ1) is 15.1. The summed E-state index contributed by atoms with van der Waals surface area (Å²) >= 11 is 0. The van der Waals surface area contributed by atoms with Crippen LogP contribution in [0.3, 0.4) is 0 Å². The summed E-state index contributed by atoms with van der Waals surface area (Å²) in [5, 5.41) is 16.6. The monoisotopic (exact) mass is 269 g/mol. The van der Waals surface area contributed by atoms with E-state index < -0.39 is 17.8 Å². The quantitative estimate of drug-likeness (QED) is 0.737. The Morgan fingerprint density at radius 2 is 2.05 bits per heavy atom. The molecule has 7 nitrogen and oxygen atoms in total. The third kappa shape index (κ3) is 4.04. The molecule has 0 saturated heterocycles. The average molecular weight is 269 g/mol. The molecule has 0 aliphatic carbocycles. The van der Waals surface area contributed by atoms with Crippen LogP contribution in [0.2, 0.25) is 0 Å². The first-order valence-electron chi connectivity index (χ1n) is 6.18. The van der Waals surface area contributed by atoms with Crippen LogP contribution in [-0.4, -0.2) is 47.2 Å². The molecule has 1 aliphatic rings. The van der Waals surface area contributed by atoms with E-state index in [1.54, 1.807) is 13.8 Å². The van der Waals surface area contributed by atoms with Crippen LogP contribution in [-0.2, 0) is 14.4 Å². The second kappa shape index (κ2) is 6.31. The van der Waals surface area contributed by atoms with Gasteiger partial charge in [-0.25, -0.2) is 5.01 Å². The van der Waals surface area contributed by atoms with Crippen molar-refractivity contribution in [3.8, 4) is 0 Å². The zero-order valence-electron chi connectivity index (χ0n) is 11.3. The van der Waals surface area contributed by atoms with E-state index >= 15 is 0 Å². The Kier molecular flexibility index (Phi) is 5.02. The summed E-state index contributed by atoms with van der Waals surface area (Å²) < 4.78 is 0. The Hall–Kier alpha value is -1.92. The summed E-state index contributed by atoms with van der Waals surface area (Å²) in [4.78, 5) is 34.0. The van der Waals surface area contributed by atoms with E-state index in [1.165, 1.54) is 7.05 Å². The van der Waals surface area contributed by atoms with E-state index in [9.17, 15) is 14.4 Å². The Balaban J connectivity index is 2.58. The number of hydrazone groups is 1. The molecule has 1 rings (SSSR count). The maximum atomic E-state index is 11.8. The van der Waals surface area contributed by atoms with Gasteiger partial charge in [0.2, 0.25) is 5.91 Å². The summed E-state index contributed by atoms with van der Waals surface area (Å²) in [6.07, 6.45) is 0.531. The normalized spacial score (nSPS) is 17.2. The molecule has 2 N–H and O–H groups in total. The lowest BCUT2D eigenvalue weighted by Crippen LogP contribution is -2.41. The van der Waals surface area contributed by atoms with Gasteiger partial charge in [-0.1, -0.05) is 13.8 Å². The molecule has 1 unspecified atom stereocenters. The van der Waals surface area contributed by atoms with Gasteiger partial charge in [0.1, 0.15) is 5.71 Å². The zero-order valence-corrected chi connectivity index (χ0v) is 11.3. The van der Waals surface area contributed by atoms with Crippen LogP contribution in [0, 0.1) is 11.8 Å². The molecular formula is C12H19N3O4. The van der Waals surface area contributed by atoms with Crippen molar-refractivity contribution >= 4 is 23.5 Å². The van der Waals surface area contributed by atoms with Crippen LogP contribution in [0.1, 0.15) is 26.7 Å². The second-order valence-corrected chi connectivity index (χ2v) is 4.86. The summed E-state index contributed by atoms with van der Waals surface area (Å²) in [6.45, 7) is 3.63. The number of carboxylic acid groups (broad SMARTS) is 1. The van der Waals surface area contributed by atoms with Gasteiger partial charge in [-0.05, 0) is 5.92 Å². The van der Waals surface area contributed by atoms with Crippen LogP contribution in [0.4, 0.5) is 0 Å². The molecular weight excluding hydrogens is 250 g/mol. The van der Waals surface area contributed by atoms with Crippen molar-refractivity contribution in [2.75, 3.05) is 13.6 Å². The summed E-state index contributed by atoms with van der Waals surface area (Å²) in [7, 11) is 1.49. The fourth-order valence-corrected chi connectivity index (χ4v) is 1.75. The van der Waals surface area contributed by atoms with Crippen molar-refractivity contribution in [3.05, 3.63) is 0 Å². The van der Waals surface area contributed by atoms with Gasteiger partial charge in [-0.15, -0.1) is 0 Å². The molecule has 1 aliphatic heterocycles. The number of carbonyl (C=O) groups is 3. The predicted molar refractivity (Wildman–Crippen MR) is 68.4 cm³/mol. The minimum absolute atomic E-state index is 0.0580. The number of nitrogens with one attached hydrogen (secondary N) is 1. The zero-order chi connectivity index (χ0) is 14.6. The molecule has 0 aromatic heterocycles. The van der Waals surface area contributed by atoms with Crippen molar-refractivity contribution in [1.82, 2.24) is 10.3 Å². The minimum atomic E-state index is -0.937. The number of hydrogen-bond acceptors (Lipinski definition) is 4.